The maximum absolute atomic E-state index is 12.3. The van der Waals surface area contributed by atoms with Crippen molar-refractivity contribution in [3.8, 4) is 16.9 Å². The van der Waals surface area contributed by atoms with Crippen molar-refractivity contribution in [2.75, 3.05) is 0 Å². The molecule has 0 saturated heterocycles. The summed E-state index contributed by atoms with van der Waals surface area (Å²) in [6, 6.07) is 9.51. The second kappa shape index (κ2) is 5.60. The number of rotatable bonds is 3. The molecule has 0 spiro atoms. The number of carbonyl (C=O) groups excluding carboxylic acids is 1. The molecule has 2 rings (SSSR count). The quantitative estimate of drug-likeness (QED) is 0.768. The zero-order valence-electron chi connectivity index (χ0n) is 11.5. The normalized spacial score (nSPS) is 11.3. The highest BCUT2D eigenvalue weighted by Crippen LogP contribution is 2.30. The Morgan fingerprint density at radius 2 is 1.48 bits per heavy atom. The van der Waals surface area contributed by atoms with Gasteiger partial charge < -0.3 is 4.74 Å². The number of aldehydes is 1. The van der Waals surface area contributed by atoms with Gasteiger partial charge in [0.05, 0.1) is 0 Å². The van der Waals surface area contributed by atoms with E-state index in [1.807, 2.05) is 32.0 Å². The van der Waals surface area contributed by atoms with Crippen LogP contribution in [0, 0.1) is 13.8 Å². The molecule has 0 unspecified atom stereocenters. The summed E-state index contributed by atoms with van der Waals surface area (Å²) in [6.45, 7) is 3.79. The molecular weight excluding hydrogens is 281 g/mol. The topological polar surface area (TPSA) is 26.3 Å². The van der Waals surface area contributed by atoms with Crippen molar-refractivity contribution in [2.24, 2.45) is 0 Å². The Kier molecular flexibility index (Phi) is 4.02. The van der Waals surface area contributed by atoms with Crippen LogP contribution >= 0.6 is 0 Å². The summed E-state index contributed by atoms with van der Waals surface area (Å²) in [5, 5.41) is 0. The average Bonchev–Trinajstić information content (AvgIpc) is 2.35. The van der Waals surface area contributed by atoms with Gasteiger partial charge in [0.1, 0.15) is 12.0 Å². The van der Waals surface area contributed by atoms with E-state index in [1.54, 1.807) is 0 Å². The molecule has 0 bridgehead atoms. The predicted molar refractivity (Wildman–Crippen MR) is 73.4 cm³/mol. The molecule has 110 valence electrons. The standard InChI is InChI=1S/C16H13F3O2/c1-10-3-11(2)5-13(4-10)14-6-12(9-20)7-15(8-14)21-16(17,18)19/h3-9H,1-2H3. The molecule has 0 saturated carbocycles. The number of halogens is 3. The summed E-state index contributed by atoms with van der Waals surface area (Å²) in [4.78, 5) is 10.9. The van der Waals surface area contributed by atoms with Gasteiger partial charge in [-0.15, -0.1) is 13.2 Å². The lowest BCUT2D eigenvalue weighted by Gasteiger charge is -2.12. The van der Waals surface area contributed by atoms with Gasteiger partial charge >= 0.3 is 6.36 Å². The molecule has 0 aliphatic heterocycles. The molecule has 5 heteroatoms. The SMILES string of the molecule is Cc1cc(C)cc(-c2cc(C=O)cc(OC(F)(F)F)c2)c1. The minimum atomic E-state index is -4.79. The summed E-state index contributed by atoms with van der Waals surface area (Å²) < 4.78 is 40.9. The van der Waals surface area contributed by atoms with Crippen LogP contribution in [0.5, 0.6) is 5.75 Å². The zero-order valence-corrected chi connectivity index (χ0v) is 11.5. The third-order valence-corrected chi connectivity index (χ3v) is 2.85. The molecular formula is C16H13F3O2. The average molecular weight is 294 g/mol. The minimum Gasteiger partial charge on any atom is -0.406 e. The molecule has 0 amide bonds. The Labute approximate surface area is 120 Å². The van der Waals surface area contributed by atoms with Gasteiger partial charge in [0.15, 0.2) is 0 Å². The van der Waals surface area contributed by atoms with E-state index < -0.39 is 12.1 Å². The first-order chi connectivity index (χ1) is 9.76. The molecule has 0 atom stereocenters. The lowest BCUT2D eigenvalue weighted by Crippen LogP contribution is -2.17. The first-order valence-corrected chi connectivity index (χ1v) is 6.21. The highest BCUT2D eigenvalue weighted by Gasteiger charge is 2.31. The predicted octanol–water partition coefficient (Wildman–Crippen LogP) is 4.68. The van der Waals surface area contributed by atoms with Crippen molar-refractivity contribution in [3.05, 3.63) is 53.1 Å². The number of hydrogen-bond acceptors (Lipinski definition) is 2. The number of ether oxygens (including phenoxy) is 1. The minimum absolute atomic E-state index is 0.130. The van der Waals surface area contributed by atoms with E-state index in [0.29, 0.717) is 11.8 Å². The summed E-state index contributed by atoms with van der Waals surface area (Å²) in [5.74, 6) is -0.402. The van der Waals surface area contributed by atoms with Crippen LogP contribution in [-0.4, -0.2) is 12.6 Å². The van der Waals surface area contributed by atoms with Crippen LogP contribution in [0.15, 0.2) is 36.4 Å². The second-order valence-electron chi connectivity index (χ2n) is 4.83. The Bertz CT molecular complexity index is 655. The van der Waals surface area contributed by atoms with Crippen molar-refractivity contribution >= 4 is 6.29 Å². The maximum Gasteiger partial charge on any atom is 0.573 e. The van der Waals surface area contributed by atoms with E-state index in [1.165, 1.54) is 12.1 Å². The number of alkyl halides is 3. The van der Waals surface area contributed by atoms with E-state index in [-0.39, 0.29) is 5.56 Å². The lowest BCUT2D eigenvalue weighted by molar-refractivity contribution is -0.274. The van der Waals surface area contributed by atoms with Crippen molar-refractivity contribution < 1.29 is 22.7 Å². The van der Waals surface area contributed by atoms with Gasteiger partial charge in [0, 0.05) is 5.56 Å². The van der Waals surface area contributed by atoms with Gasteiger partial charge in [-0.25, -0.2) is 0 Å². The fraction of sp³-hybridized carbons (Fsp3) is 0.188. The van der Waals surface area contributed by atoms with E-state index in [2.05, 4.69) is 4.74 Å². The fourth-order valence-electron chi connectivity index (χ4n) is 2.19. The van der Waals surface area contributed by atoms with Gasteiger partial charge in [-0.2, -0.15) is 0 Å². The molecule has 0 aliphatic carbocycles. The van der Waals surface area contributed by atoms with Crippen LogP contribution in [0.25, 0.3) is 11.1 Å². The van der Waals surface area contributed by atoms with Crippen LogP contribution < -0.4 is 4.74 Å². The monoisotopic (exact) mass is 294 g/mol. The van der Waals surface area contributed by atoms with Crippen molar-refractivity contribution in [1.82, 2.24) is 0 Å². The Hall–Kier alpha value is -2.30. The lowest BCUT2D eigenvalue weighted by atomic mass is 9.99. The Balaban J connectivity index is 2.52. The number of aryl methyl sites for hydroxylation is 2. The molecule has 0 aromatic heterocycles. The molecule has 0 radical (unpaired) electrons. The molecule has 2 aromatic carbocycles. The van der Waals surface area contributed by atoms with Gasteiger partial charge in [0.25, 0.3) is 0 Å². The molecule has 0 heterocycles. The van der Waals surface area contributed by atoms with E-state index in [9.17, 15) is 18.0 Å². The number of hydrogen-bond donors (Lipinski definition) is 0. The fourth-order valence-corrected chi connectivity index (χ4v) is 2.19. The summed E-state index contributed by atoms with van der Waals surface area (Å²) in [5.41, 5.74) is 3.35. The van der Waals surface area contributed by atoms with Gasteiger partial charge in [-0.05, 0) is 43.2 Å². The van der Waals surface area contributed by atoms with Gasteiger partial charge in [-0.1, -0.05) is 29.3 Å². The van der Waals surface area contributed by atoms with Crippen molar-refractivity contribution in [3.63, 3.8) is 0 Å². The Morgan fingerprint density at radius 1 is 0.905 bits per heavy atom. The molecule has 21 heavy (non-hydrogen) atoms. The largest absolute Gasteiger partial charge is 0.573 e. The third kappa shape index (κ3) is 4.08. The smallest absolute Gasteiger partial charge is 0.406 e. The van der Waals surface area contributed by atoms with E-state index >= 15 is 0 Å². The second-order valence-corrected chi connectivity index (χ2v) is 4.83. The Morgan fingerprint density at radius 3 is 2.00 bits per heavy atom. The van der Waals surface area contributed by atoms with E-state index in [0.717, 1.165) is 22.8 Å². The van der Waals surface area contributed by atoms with Crippen molar-refractivity contribution in [1.29, 1.82) is 0 Å². The first-order valence-electron chi connectivity index (χ1n) is 6.21. The summed E-state index contributed by atoms with van der Waals surface area (Å²) in [7, 11) is 0. The van der Waals surface area contributed by atoms with Crippen LogP contribution in [0.2, 0.25) is 0 Å². The molecule has 2 aromatic rings. The van der Waals surface area contributed by atoms with Gasteiger partial charge in [0.2, 0.25) is 0 Å². The van der Waals surface area contributed by atoms with Crippen LogP contribution in [0.1, 0.15) is 21.5 Å². The van der Waals surface area contributed by atoms with E-state index in [4.69, 9.17) is 0 Å². The summed E-state index contributed by atoms with van der Waals surface area (Å²) >= 11 is 0. The molecule has 0 aliphatic rings. The molecule has 0 fully saturated rings. The summed E-state index contributed by atoms with van der Waals surface area (Å²) in [6.07, 6.45) is -4.29. The third-order valence-electron chi connectivity index (χ3n) is 2.85. The molecule has 2 nitrogen and oxygen atoms in total. The van der Waals surface area contributed by atoms with Gasteiger partial charge in [-0.3, -0.25) is 4.79 Å². The van der Waals surface area contributed by atoms with Crippen LogP contribution in [0.4, 0.5) is 13.2 Å². The van der Waals surface area contributed by atoms with Crippen LogP contribution in [-0.2, 0) is 0 Å². The molecule has 0 N–H and O–H groups in total. The van der Waals surface area contributed by atoms with Crippen molar-refractivity contribution in [2.45, 2.75) is 20.2 Å². The first kappa shape index (κ1) is 15.1. The number of benzene rings is 2. The maximum atomic E-state index is 12.3. The zero-order chi connectivity index (χ0) is 15.6. The number of carbonyl (C=O) groups is 1. The highest BCUT2D eigenvalue weighted by molar-refractivity contribution is 5.80. The highest BCUT2D eigenvalue weighted by atomic mass is 19.4. The van der Waals surface area contributed by atoms with Crippen LogP contribution in [0.3, 0.4) is 0 Å².